The van der Waals surface area contributed by atoms with Gasteiger partial charge in [0.05, 0.1) is 33.5 Å². The summed E-state index contributed by atoms with van der Waals surface area (Å²) in [4.78, 5) is 13.1. The van der Waals surface area contributed by atoms with E-state index in [1.165, 1.54) is 7.11 Å². The van der Waals surface area contributed by atoms with Crippen LogP contribution in [-0.4, -0.2) is 46.8 Å². The van der Waals surface area contributed by atoms with E-state index in [0.29, 0.717) is 13.2 Å². The van der Waals surface area contributed by atoms with Crippen LogP contribution in [0.15, 0.2) is 54.6 Å². The standard InChI is InChI=1S/C24H35NO5Si/c1-19(30-31(4,5)6)24(23(26)28-3,18-29-17-21-10-8-7-9-11-21)25-16-20-12-14-22(27-2)15-13-20/h7-15,19,25H,16-18H2,1-6H3/t19-,24+/m0/s1. The molecule has 0 aliphatic rings. The van der Waals surface area contributed by atoms with Gasteiger partial charge < -0.3 is 18.6 Å². The van der Waals surface area contributed by atoms with Gasteiger partial charge in [0.1, 0.15) is 5.75 Å². The monoisotopic (exact) mass is 445 g/mol. The highest BCUT2D eigenvalue weighted by atomic mass is 28.4. The third-order valence-corrected chi connectivity index (χ3v) is 6.04. The van der Waals surface area contributed by atoms with Gasteiger partial charge >= 0.3 is 5.97 Å². The molecule has 6 nitrogen and oxygen atoms in total. The fourth-order valence-corrected chi connectivity index (χ4v) is 4.59. The highest BCUT2D eigenvalue weighted by Gasteiger charge is 2.47. The normalized spacial score (nSPS) is 14.5. The van der Waals surface area contributed by atoms with Gasteiger partial charge in [0, 0.05) is 6.54 Å². The van der Waals surface area contributed by atoms with Crippen molar-refractivity contribution in [2.75, 3.05) is 20.8 Å². The van der Waals surface area contributed by atoms with Crippen molar-refractivity contribution in [1.29, 1.82) is 0 Å². The largest absolute Gasteiger partial charge is 0.497 e. The van der Waals surface area contributed by atoms with Gasteiger partial charge in [-0.15, -0.1) is 0 Å². The number of methoxy groups -OCH3 is 2. The molecule has 0 bridgehead atoms. The Balaban J connectivity index is 2.24. The van der Waals surface area contributed by atoms with Gasteiger partial charge in [0.15, 0.2) is 13.9 Å². The smallest absolute Gasteiger partial charge is 0.331 e. The maximum atomic E-state index is 13.1. The van der Waals surface area contributed by atoms with Crippen LogP contribution in [0.5, 0.6) is 5.75 Å². The summed E-state index contributed by atoms with van der Waals surface area (Å²) in [5, 5.41) is 3.40. The van der Waals surface area contributed by atoms with Crippen LogP contribution < -0.4 is 10.1 Å². The predicted octanol–water partition coefficient (Wildman–Crippen LogP) is 4.15. The number of carbonyl (C=O) groups is 1. The number of hydrogen-bond donors (Lipinski definition) is 1. The second-order valence-corrected chi connectivity index (χ2v) is 13.0. The van der Waals surface area contributed by atoms with Crippen molar-refractivity contribution in [3.63, 3.8) is 0 Å². The number of hydrogen-bond acceptors (Lipinski definition) is 6. The molecule has 0 saturated carbocycles. The third kappa shape index (κ3) is 7.47. The van der Waals surface area contributed by atoms with Gasteiger partial charge in [0.2, 0.25) is 0 Å². The Morgan fingerprint density at radius 1 is 1.00 bits per heavy atom. The van der Waals surface area contributed by atoms with E-state index in [4.69, 9.17) is 18.6 Å². The molecule has 7 heteroatoms. The molecule has 1 N–H and O–H groups in total. The van der Waals surface area contributed by atoms with E-state index in [9.17, 15) is 4.79 Å². The summed E-state index contributed by atoms with van der Waals surface area (Å²) < 4.78 is 22.8. The van der Waals surface area contributed by atoms with Crippen molar-refractivity contribution < 1.29 is 23.4 Å². The number of nitrogens with one attached hydrogen (secondary N) is 1. The molecule has 170 valence electrons. The number of carbonyl (C=O) groups excluding carboxylic acids is 1. The van der Waals surface area contributed by atoms with Crippen LogP contribution in [0, 0.1) is 0 Å². The van der Waals surface area contributed by atoms with Gasteiger partial charge in [-0.25, -0.2) is 4.79 Å². The Kier molecular flexibility index (Phi) is 9.25. The molecular weight excluding hydrogens is 410 g/mol. The highest BCUT2D eigenvalue weighted by molar-refractivity contribution is 6.69. The van der Waals surface area contributed by atoms with Gasteiger partial charge in [0.25, 0.3) is 0 Å². The lowest BCUT2D eigenvalue weighted by molar-refractivity contribution is -0.157. The molecule has 0 aromatic heterocycles. The first kappa shape index (κ1) is 25.1. The Bertz CT molecular complexity index is 807. The number of rotatable bonds is 12. The summed E-state index contributed by atoms with van der Waals surface area (Å²) >= 11 is 0. The average molecular weight is 446 g/mol. The maximum Gasteiger partial charge on any atom is 0.331 e. The predicted molar refractivity (Wildman–Crippen MR) is 125 cm³/mol. The lowest BCUT2D eigenvalue weighted by Gasteiger charge is -2.39. The summed E-state index contributed by atoms with van der Waals surface area (Å²) in [7, 11) is 1.09. The minimum absolute atomic E-state index is 0.121. The second-order valence-electron chi connectivity index (χ2n) is 8.52. The summed E-state index contributed by atoms with van der Waals surface area (Å²) in [5.74, 6) is 0.379. The van der Waals surface area contributed by atoms with Crippen molar-refractivity contribution >= 4 is 14.3 Å². The Morgan fingerprint density at radius 2 is 1.65 bits per heavy atom. The molecule has 0 saturated heterocycles. The molecule has 2 aromatic carbocycles. The fraction of sp³-hybridized carbons (Fsp3) is 0.458. The van der Waals surface area contributed by atoms with Crippen LogP contribution in [0.3, 0.4) is 0 Å². The zero-order valence-electron chi connectivity index (χ0n) is 19.4. The van der Waals surface area contributed by atoms with E-state index >= 15 is 0 Å². The molecule has 0 radical (unpaired) electrons. The van der Waals surface area contributed by atoms with Crippen LogP contribution >= 0.6 is 0 Å². The highest BCUT2D eigenvalue weighted by Crippen LogP contribution is 2.23. The molecular formula is C24H35NO5Si. The summed E-state index contributed by atoms with van der Waals surface area (Å²) in [5.41, 5.74) is 0.900. The van der Waals surface area contributed by atoms with Crippen LogP contribution in [-0.2, 0) is 31.8 Å². The summed E-state index contributed by atoms with van der Waals surface area (Å²) in [6.07, 6.45) is -0.444. The minimum atomic E-state index is -1.93. The molecule has 2 atom stereocenters. The second kappa shape index (κ2) is 11.4. The summed E-state index contributed by atoms with van der Waals surface area (Å²) in [6, 6.07) is 17.6. The van der Waals surface area contributed by atoms with Crippen LogP contribution in [0.2, 0.25) is 19.6 Å². The molecule has 0 fully saturated rings. The topological polar surface area (TPSA) is 66.0 Å². The molecule has 0 unspecified atom stereocenters. The SMILES string of the molecule is COC(=O)[C@](COCc1ccccc1)(NCc1ccc(OC)cc1)[C@H](C)O[Si](C)(C)C. The van der Waals surface area contributed by atoms with Crippen molar-refractivity contribution in [3.05, 3.63) is 65.7 Å². The zero-order valence-corrected chi connectivity index (χ0v) is 20.4. The number of esters is 1. The number of benzene rings is 2. The molecule has 0 heterocycles. The van der Waals surface area contributed by atoms with Gasteiger partial charge in [-0.1, -0.05) is 42.5 Å². The molecule has 31 heavy (non-hydrogen) atoms. The fourth-order valence-electron chi connectivity index (χ4n) is 3.33. The Hall–Kier alpha value is -2.19. The third-order valence-electron chi connectivity index (χ3n) is 4.98. The van der Waals surface area contributed by atoms with Gasteiger partial charge in [-0.2, -0.15) is 0 Å². The molecule has 0 amide bonds. The van der Waals surface area contributed by atoms with Gasteiger partial charge in [-0.05, 0) is 49.8 Å². The van der Waals surface area contributed by atoms with E-state index in [1.54, 1.807) is 7.11 Å². The lowest BCUT2D eigenvalue weighted by atomic mass is 9.93. The van der Waals surface area contributed by atoms with Crippen LogP contribution in [0.25, 0.3) is 0 Å². The first-order valence-corrected chi connectivity index (χ1v) is 13.9. The lowest BCUT2D eigenvalue weighted by Crippen LogP contribution is -2.64. The van der Waals surface area contributed by atoms with Crippen molar-refractivity contribution in [3.8, 4) is 5.75 Å². The Labute approximate surface area is 187 Å². The minimum Gasteiger partial charge on any atom is -0.497 e. The number of ether oxygens (including phenoxy) is 3. The molecule has 2 rings (SSSR count). The molecule has 0 aliphatic heterocycles. The molecule has 0 spiro atoms. The quantitative estimate of drug-likeness (QED) is 0.391. The zero-order chi connectivity index (χ0) is 22.9. The van der Waals surface area contributed by atoms with E-state index < -0.39 is 25.9 Å². The van der Waals surface area contributed by atoms with Crippen LogP contribution in [0.1, 0.15) is 18.1 Å². The van der Waals surface area contributed by atoms with E-state index in [1.807, 2.05) is 61.5 Å². The van der Waals surface area contributed by atoms with E-state index in [-0.39, 0.29) is 6.61 Å². The first-order valence-electron chi connectivity index (χ1n) is 10.5. The van der Waals surface area contributed by atoms with E-state index in [0.717, 1.165) is 16.9 Å². The first-order chi connectivity index (χ1) is 14.7. The Morgan fingerprint density at radius 3 is 2.19 bits per heavy atom. The van der Waals surface area contributed by atoms with E-state index in [2.05, 4.69) is 25.0 Å². The van der Waals surface area contributed by atoms with Crippen molar-refractivity contribution in [2.24, 2.45) is 0 Å². The molecule has 2 aromatic rings. The maximum absolute atomic E-state index is 13.1. The van der Waals surface area contributed by atoms with Crippen molar-refractivity contribution in [1.82, 2.24) is 5.32 Å². The molecule has 0 aliphatic carbocycles. The van der Waals surface area contributed by atoms with Gasteiger partial charge in [-0.3, -0.25) is 5.32 Å². The summed E-state index contributed by atoms with van der Waals surface area (Å²) in [6.45, 7) is 9.16. The van der Waals surface area contributed by atoms with Crippen LogP contribution in [0.4, 0.5) is 0 Å². The average Bonchev–Trinajstić information content (AvgIpc) is 2.75. The van der Waals surface area contributed by atoms with Crippen molar-refractivity contribution in [2.45, 2.75) is 51.4 Å².